The number of nitrogens with one attached hydrogen (secondary N) is 1. The SMILES string of the molecule is Cc1cc(C)c(N(c2c(F)cc(F)cc2C#N)C2CCNCC2)cc1C(=O)O. The summed E-state index contributed by atoms with van der Waals surface area (Å²) in [5.74, 6) is -2.74. The molecule has 3 rings (SSSR count). The maximum atomic E-state index is 14.9. The van der Waals surface area contributed by atoms with Crippen molar-refractivity contribution in [3.05, 3.63) is 58.2 Å². The zero-order valence-electron chi connectivity index (χ0n) is 15.7. The fourth-order valence-corrected chi connectivity index (χ4v) is 3.79. The second kappa shape index (κ2) is 7.95. The molecule has 7 heteroatoms. The van der Waals surface area contributed by atoms with Gasteiger partial charge in [-0.2, -0.15) is 5.26 Å². The van der Waals surface area contributed by atoms with Crippen molar-refractivity contribution in [2.75, 3.05) is 18.0 Å². The molecule has 0 radical (unpaired) electrons. The number of benzene rings is 2. The first-order chi connectivity index (χ1) is 13.3. The van der Waals surface area contributed by atoms with Gasteiger partial charge < -0.3 is 15.3 Å². The Morgan fingerprint density at radius 2 is 1.86 bits per heavy atom. The van der Waals surface area contributed by atoms with Gasteiger partial charge in [-0.15, -0.1) is 0 Å². The van der Waals surface area contributed by atoms with Crippen molar-refractivity contribution in [1.82, 2.24) is 5.32 Å². The average molecular weight is 385 g/mol. The van der Waals surface area contributed by atoms with E-state index in [1.54, 1.807) is 17.9 Å². The fraction of sp³-hybridized carbons (Fsp3) is 0.333. The number of aryl methyl sites for hydroxylation is 2. The van der Waals surface area contributed by atoms with Gasteiger partial charge in [0.2, 0.25) is 0 Å². The van der Waals surface area contributed by atoms with Crippen LogP contribution in [0.15, 0.2) is 24.3 Å². The molecule has 1 fully saturated rings. The largest absolute Gasteiger partial charge is 0.478 e. The number of carbonyl (C=O) groups is 1. The van der Waals surface area contributed by atoms with Gasteiger partial charge in [-0.25, -0.2) is 13.6 Å². The lowest BCUT2D eigenvalue weighted by Gasteiger charge is -2.38. The number of nitriles is 1. The van der Waals surface area contributed by atoms with Crippen molar-refractivity contribution in [3.8, 4) is 6.07 Å². The van der Waals surface area contributed by atoms with Gasteiger partial charge in [-0.3, -0.25) is 0 Å². The molecule has 2 aromatic rings. The van der Waals surface area contributed by atoms with E-state index in [0.717, 1.165) is 17.7 Å². The summed E-state index contributed by atoms with van der Waals surface area (Å²) in [6, 6.07) is 6.74. The van der Waals surface area contributed by atoms with E-state index in [2.05, 4.69) is 5.32 Å². The molecule has 0 aliphatic carbocycles. The third-order valence-electron chi connectivity index (χ3n) is 5.10. The Balaban J connectivity index is 2.27. The molecule has 2 N–H and O–H groups in total. The monoisotopic (exact) mass is 385 g/mol. The van der Waals surface area contributed by atoms with Crippen molar-refractivity contribution >= 4 is 17.3 Å². The lowest BCUT2D eigenvalue weighted by molar-refractivity contribution is 0.0696. The molecular weight excluding hydrogens is 364 g/mol. The molecule has 0 atom stereocenters. The van der Waals surface area contributed by atoms with Crippen LogP contribution < -0.4 is 10.2 Å². The van der Waals surface area contributed by atoms with Crippen LogP contribution in [0.5, 0.6) is 0 Å². The summed E-state index contributed by atoms with van der Waals surface area (Å²) in [7, 11) is 0. The van der Waals surface area contributed by atoms with Crippen LogP contribution in [-0.4, -0.2) is 30.2 Å². The third-order valence-corrected chi connectivity index (χ3v) is 5.10. The van der Waals surface area contributed by atoms with E-state index in [0.29, 0.717) is 37.2 Å². The van der Waals surface area contributed by atoms with Crippen LogP contribution in [0.1, 0.15) is 39.9 Å². The number of hydrogen-bond acceptors (Lipinski definition) is 4. The average Bonchev–Trinajstić information content (AvgIpc) is 2.65. The Morgan fingerprint density at radius 3 is 2.46 bits per heavy atom. The fourth-order valence-electron chi connectivity index (χ4n) is 3.79. The van der Waals surface area contributed by atoms with Crippen LogP contribution in [0.4, 0.5) is 20.2 Å². The van der Waals surface area contributed by atoms with E-state index in [9.17, 15) is 23.9 Å². The number of anilines is 2. The minimum absolute atomic E-state index is 0.0147. The number of hydrogen-bond donors (Lipinski definition) is 2. The Labute approximate surface area is 162 Å². The normalized spacial score (nSPS) is 14.5. The van der Waals surface area contributed by atoms with E-state index in [1.165, 1.54) is 6.07 Å². The van der Waals surface area contributed by atoms with Crippen molar-refractivity contribution < 1.29 is 18.7 Å². The first-order valence-electron chi connectivity index (χ1n) is 9.07. The van der Waals surface area contributed by atoms with Crippen LogP contribution in [0.3, 0.4) is 0 Å². The van der Waals surface area contributed by atoms with Crippen LogP contribution >= 0.6 is 0 Å². The Bertz CT molecular complexity index is 963. The highest BCUT2D eigenvalue weighted by Gasteiger charge is 2.29. The number of carboxylic acid groups (broad SMARTS) is 1. The van der Waals surface area contributed by atoms with E-state index in [-0.39, 0.29) is 22.9 Å². The molecule has 0 unspecified atom stereocenters. The number of aromatic carboxylic acids is 1. The highest BCUT2D eigenvalue weighted by Crippen LogP contribution is 2.38. The molecule has 2 aromatic carbocycles. The predicted molar refractivity (Wildman–Crippen MR) is 102 cm³/mol. The van der Waals surface area contributed by atoms with Crippen LogP contribution in [0.25, 0.3) is 0 Å². The highest BCUT2D eigenvalue weighted by atomic mass is 19.1. The van der Waals surface area contributed by atoms with Crippen molar-refractivity contribution in [2.24, 2.45) is 0 Å². The summed E-state index contributed by atoms with van der Waals surface area (Å²) in [6.07, 6.45) is 1.36. The maximum absolute atomic E-state index is 14.9. The van der Waals surface area contributed by atoms with E-state index >= 15 is 0 Å². The third kappa shape index (κ3) is 3.69. The van der Waals surface area contributed by atoms with E-state index < -0.39 is 17.6 Å². The minimum atomic E-state index is -1.08. The lowest BCUT2D eigenvalue weighted by Crippen LogP contribution is -2.42. The molecule has 1 heterocycles. The number of piperidine rings is 1. The number of nitrogens with zero attached hydrogens (tertiary/aromatic N) is 2. The molecule has 0 bridgehead atoms. The number of carboxylic acids is 1. The van der Waals surface area contributed by atoms with Crippen LogP contribution in [-0.2, 0) is 0 Å². The molecule has 0 spiro atoms. The zero-order chi connectivity index (χ0) is 20.4. The maximum Gasteiger partial charge on any atom is 0.336 e. The summed E-state index contributed by atoms with van der Waals surface area (Å²) in [6.45, 7) is 4.94. The molecule has 1 aliphatic heterocycles. The van der Waals surface area contributed by atoms with Gasteiger partial charge in [-0.05, 0) is 63.0 Å². The molecule has 28 heavy (non-hydrogen) atoms. The molecule has 0 saturated carbocycles. The summed E-state index contributed by atoms with van der Waals surface area (Å²) < 4.78 is 28.6. The van der Waals surface area contributed by atoms with Crippen molar-refractivity contribution in [1.29, 1.82) is 5.26 Å². The van der Waals surface area contributed by atoms with Gasteiger partial charge in [0, 0.05) is 17.8 Å². The van der Waals surface area contributed by atoms with E-state index in [1.807, 2.05) is 13.0 Å². The van der Waals surface area contributed by atoms with Crippen molar-refractivity contribution in [2.45, 2.75) is 32.7 Å². The topological polar surface area (TPSA) is 76.4 Å². The van der Waals surface area contributed by atoms with Gasteiger partial charge in [0.15, 0.2) is 5.82 Å². The molecule has 146 valence electrons. The zero-order valence-corrected chi connectivity index (χ0v) is 15.7. The van der Waals surface area contributed by atoms with Crippen LogP contribution in [0.2, 0.25) is 0 Å². The second-order valence-electron chi connectivity index (χ2n) is 7.01. The highest BCUT2D eigenvalue weighted by molar-refractivity contribution is 5.91. The first kappa shape index (κ1) is 19.8. The summed E-state index contributed by atoms with van der Waals surface area (Å²) >= 11 is 0. The van der Waals surface area contributed by atoms with Crippen molar-refractivity contribution in [3.63, 3.8) is 0 Å². The Kier molecular flexibility index (Phi) is 5.61. The smallest absolute Gasteiger partial charge is 0.336 e. The number of halogens is 2. The molecule has 1 aliphatic rings. The first-order valence-corrected chi connectivity index (χ1v) is 9.07. The summed E-state index contributed by atoms with van der Waals surface area (Å²) in [4.78, 5) is 13.3. The van der Waals surface area contributed by atoms with E-state index in [4.69, 9.17) is 0 Å². The Morgan fingerprint density at radius 1 is 1.18 bits per heavy atom. The molecule has 0 aromatic heterocycles. The number of rotatable bonds is 4. The minimum Gasteiger partial charge on any atom is -0.478 e. The molecule has 1 saturated heterocycles. The predicted octanol–water partition coefficient (Wildman–Crippen LogP) is 4.04. The Hall–Kier alpha value is -2.98. The summed E-state index contributed by atoms with van der Waals surface area (Å²) in [5.41, 5.74) is 1.84. The lowest BCUT2D eigenvalue weighted by atomic mass is 9.97. The van der Waals surface area contributed by atoms with Gasteiger partial charge >= 0.3 is 5.97 Å². The quantitative estimate of drug-likeness (QED) is 0.831. The standard InChI is InChI=1S/C21H21F2N3O2/c1-12-7-13(2)19(10-17(12)21(27)28)26(16-3-5-25-6-4-16)20-14(11-24)8-15(22)9-18(20)23/h7-10,16,25H,3-6H2,1-2H3,(H,27,28). The summed E-state index contributed by atoms with van der Waals surface area (Å²) in [5, 5.41) is 22.3. The van der Waals surface area contributed by atoms with Gasteiger partial charge in [0.25, 0.3) is 0 Å². The molecule has 0 amide bonds. The van der Waals surface area contributed by atoms with Gasteiger partial charge in [-0.1, -0.05) is 6.07 Å². The molecule has 5 nitrogen and oxygen atoms in total. The second-order valence-corrected chi connectivity index (χ2v) is 7.01. The van der Waals surface area contributed by atoms with Crippen LogP contribution in [0, 0.1) is 36.8 Å². The molecular formula is C21H21F2N3O2. The van der Waals surface area contributed by atoms with Gasteiger partial charge in [0.05, 0.1) is 16.8 Å². The van der Waals surface area contributed by atoms with Gasteiger partial charge in [0.1, 0.15) is 11.9 Å².